The molecule has 0 aliphatic heterocycles. The van der Waals surface area contributed by atoms with Crippen molar-refractivity contribution in [2.45, 2.75) is 33.7 Å². The van der Waals surface area contributed by atoms with Crippen LogP contribution >= 0.6 is 22.7 Å². The highest BCUT2D eigenvalue weighted by molar-refractivity contribution is 7.20. The number of hydrogen-bond donors (Lipinski definition) is 0. The zero-order chi connectivity index (χ0) is 16.6. The normalized spacial score (nSPS) is 11.1. The number of nitrogens with zero attached hydrogens (tertiary/aromatic N) is 3. The van der Waals surface area contributed by atoms with Crippen molar-refractivity contribution in [3.05, 3.63) is 44.3 Å². The van der Waals surface area contributed by atoms with Crippen molar-refractivity contribution in [3.8, 4) is 0 Å². The Labute approximate surface area is 143 Å². The van der Waals surface area contributed by atoms with E-state index in [0.717, 1.165) is 44.2 Å². The molecule has 0 atom stereocenters. The van der Waals surface area contributed by atoms with E-state index in [0.29, 0.717) is 6.54 Å². The predicted octanol–water partition coefficient (Wildman–Crippen LogP) is 4.20. The molecule has 0 aromatic carbocycles. The summed E-state index contributed by atoms with van der Waals surface area (Å²) in [6.07, 6.45) is 0.801. The number of thiophene rings is 2. The van der Waals surface area contributed by atoms with Crippen LogP contribution in [0.1, 0.15) is 39.2 Å². The van der Waals surface area contributed by atoms with Gasteiger partial charge in [0, 0.05) is 31.1 Å². The SMILES string of the molecule is CCc1nc(C)c2c(C)c(C(=O)N(C)Cc3ccsc3)sc2n1. The monoisotopic (exact) mass is 345 g/mol. The van der Waals surface area contributed by atoms with Gasteiger partial charge in [0.25, 0.3) is 5.91 Å². The minimum absolute atomic E-state index is 0.0501. The van der Waals surface area contributed by atoms with Gasteiger partial charge in [0.1, 0.15) is 10.7 Å². The summed E-state index contributed by atoms with van der Waals surface area (Å²) in [4.78, 5) is 25.4. The van der Waals surface area contributed by atoms with E-state index in [4.69, 9.17) is 0 Å². The maximum absolute atomic E-state index is 12.8. The van der Waals surface area contributed by atoms with Crippen LogP contribution in [0.15, 0.2) is 16.8 Å². The number of carbonyl (C=O) groups is 1. The molecule has 0 radical (unpaired) electrons. The quantitative estimate of drug-likeness (QED) is 0.712. The smallest absolute Gasteiger partial charge is 0.264 e. The third-order valence-electron chi connectivity index (χ3n) is 3.87. The summed E-state index contributed by atoms with van der Waals surface area (Å²) in [6.45, 7) is 6.65. The Morgan fingerprint density at radius 2 is 2.09 bits per heavy atom. The number of carbonyl (C=O) groups excluding carboxylic acids is 1. The summed E-state index contributed by atoms with van der Waals surface area (Å²) in [5.41, 5.74) is 3.11. The average molecular weight is 345 g/mol. The Bertz CT molecular complexity index is 852. The van der Waals surface area contributed by atoms with Crippen LogP contribution < -0.4 is 0 Å². The summed E-state index contributed by atoms with van der Waals surface area (Å²) in [7, 11) is 1.85. The Morgan fingerprint density at radius 1 is 1.30 bits per heavy atom. The number of aryl methyl sites for hydroxylation is 3. The minimum atomic E-state index is 0.0501. The fraction of sp³-hybridized carbons (Fsp3) is 0.353. The van der Waals surface area contributed by atoms with Gasteiger partial charge in [-0.15, -0.1) is 11.3 Å². The van der Waals surface area contributed by atoms with Crippen molar-refractivity contribution >= 4 is 38.8 Å². The zero-order valence-corrected chi connectivity index (χ0v) is 15.3. The number of amides is 1. The van der Waals surface area contributed by atoms with Crippen LogP contribution in [0.4, 0.5) is 0 Å². The second-order valence-corrected chi connectivity index (χ2v) is 7.39. The van der Waals surface area contributed by atoms with E-state index in [1.807, 2.05) is 33.2 Å². The van der Waals surface area contributed by atoms with Crippen molar-refractivity contribution < 1.29 is 4.79 Å². The summed E-state index contributed by atoms with van der Waals surface area (Å²) < 4.78 is 0. The standard InChI is InChI=1S/C17H19N3OS2/c1-5-13-18-11(3)14-10(2)15(23-16(14)19-13)17(21)20(4)8-12-6-7-22-9-12/h6-7,9H,5,8H2,1-4H3. The molecule has 0 bridgehead atoms. The first-order valence-electron chi connectivity index (χ1n) is 7.54. The van der Waals surface area contributed by atoms with Gasteiger partial charge in [-0.2, -0.15) is 11.3 Å². The molecular formula is C17H19N3OS2. The highest BCUT2D eigenvalue weighted by atomic mass is 32.1. The maximum atomic E-state index is 12.8. The van der Waals surface area contributed by atoms with Crippen molar-refractivity contribution in [1.29, 1.82) is 0 Å². The van der Waals surface area contributed by atoms with Crippen LogP contribution in [0.25, 0.3) is 10.2 Å². The fourth-order valence-corrected chi connectivity index (χ4v) is 4.56. The molecule has 0 aliphatic rings. The van der Waals surface area contributed by atoms with E-state index in [1.165, 1.54) is 11.3 Å². The Balaban J connectivity index is 1.97. The zero-order valence-electron chi connectivity index (χ0n) is 13.7. The largest absolute Gasteiger partial charge is 0.337 e. The average Bonchev–Trinajstić information content (AvgIpc) is 3.14. The van der Waals surface area contributed by atoms with Crippen LogP contribution in [0.3, 0.4) is 0 Å². The molecule has 0 spiro atoms. The van der Waals surface area contributed by atoms with E-state index < -0.39 is 0 Å². The molecule has 0 N–H and O–H groups in total. The molecule has 0 unspecified atom stereocenters. The first-order chi connectivity index (χ1) is 11.0. The second kappa shape index (κ2) is 6.37. The Morgan fingerprint density at radius 3 is 2.74 bits per heavy atom. The third kappa shape index (κ3) is 3.01. The van der Waals surface area contributed by atoms with Gasteiger partial charge < -0.3 is 4.90 Å². The number of fused-ring (bicyclic) bond motifs is 1. The van der Waals surface area contributed by atoms with Gasteiger partial charge in [0.15, 0.2) is 0 Å². The van der Waals surface area contributed by atoms with Crippen LogP contribution in [-0.2, 0) is 13.0 Å². The predicted molar refractivity (Wildman–Crippen MR) is 96.4 cm³/mol. The van der Waals surface area contributed by atoms with E-state index in [9.17, 15) is 4.79 Å². The molecule has 3 aromatic heterocycles. The molecule has 3 aromatic rings. The summed E-state index contributed by atoms with van der Waals surface area (Å²) >= 11 is 3.13. The maximum Gasteiger partial charge on any atom is 0.264 e. The molecule has 3 heterocycles. The van der Waals surface area contributed by atoms with Gasteiger partial charge in [-0.3, -0.25) is 4.79 Å². The van der Waals surface area contributed by atoms with E-state index in [1.54, 1.807) is 16.2 Å². The van der Waals surface area contributed by atoms with Gasteiger partial charge in [0.05, 0.1) is 4.88 Å². The molecule has 23 heavy (non-hydrogen) atoms. The summed E-state index contributed by atoms with van der Waals surface area (Å²) in [6, 6.07) is 2.05. The summed E-state index contributed by atoms with van der Waals surface area (Å²) in [5, 5.41) is 5.13. The number of aromatic nitrogens is 2. The number of rotatable bonds is 4. The van der Waals surface area contributed by atoms with Crippen molar-refractivity contribution in [2.75, 3.05) is 7.05 Å². The molecule has 0 fully saturated rings. The highest BCUT2D eigenvalue weighted by Crippen LogP contribution is 2.32. The van der Waals surface area contributed by atoms with Crippen LogP contribution in [0.2, 0.25) is 0 Å². The molecule has 4 nitrogen and oxygen atoms in total. The van der Waals surface area contributed by atoms with Crippen LogP contribution in [0, 0.1) is 13.8 Å². The van der Waals surface area contributed by atoms with E-state index >= 15 is 0 Å². The molecule has 0 saturated carbocycles. The molecule has 6 heteroatoms. The molecule has 3 rings (SSSR count). The minimum Gasteiger partial charge on any atom is -0.337 e. The van der Waals surface area contributed by atoms with E-state index in [-0.39, 0.29) is 5.91 Å². The lowest BCUT2D eigenvalue weighted by Crippen LogP contribution is -2.25. The third-order valence-corrected chi connectivity index (χ3v) is 5.78. The fourth-order valence-electron chi connectivity index (χ4n) is 2.66. The lowest BCUT2D eigenvalue weighted by atomic mass is 10.1. The Hall–Kier alpha value is -1.79. The van der Waals surface area contributed by atoms with E-state index in [2.05, 4.69) is 21.4 Å². The van der Waals surface area contributed by atoms with Gasteiger partial charge >= 0.3 is 0 Å². The van der Waals surface area contributed by atoms with Crippen molar-refractivity contribution in [1.82, 2.24) is 14.9 Å². The highest BCUT2D eigenvalue weighted by Gasteiger charge is 2.21. The lowest BCUT2D eigenvalue weighted by molar-refractivity contribution is 0.0789. The Kier molecular flexibility index (Phi) is 4.46. The molecule has 1 amide bonds. The molecule has 0 saturated heterocycles. The number of hydrogen-bond acceptors (Lipinski definition) is 5. The lowest BCUT2D eigenvalue weighted by Gasteiger charge is -2.15. The topological polar surface area (TPSA) is 46.1 Å². The van der Waals surface area contributed by atoms with Crippen LogP contribution in [0.5, 0.6) is 0 Å². The van der Waals surface area contributed by atoms with Gasteiger partial charge in [-0.1, -0.05) is 6.92 Å². The molecule has 0 aliphatic carbocycles. The van der Waals surface area contributed by atoms with Gasteiger partial charge in [-0.05, 0) is 41.8 Å². The van der Waals surface area contributed by atoms with Crippen molar-refractivity contribution in [3.63, 3.8) is 0 Å². The van der Waals surface area contributed by atoms with Crippen LogP contribution in [-0.4, -0.2) is 27.8 Å². The first-order valence-corrected chi connectivity index (χ1v) is 9.30. The molecular weight excluding hydrogens is 326 g/mol. The summed E-state index contributed by atoms with van der Waals surface area (Å²) in [5.74, 6) is 0.885. The first kappa shape index (κ1) is 16.1. The van der Waals surface area contributed by atoms with Gasteiger partial charge in [-0.25, -0.2) is 9.97 Å². The van der Waals surface area contributed by atoms with Crippen molar-refractivity contribution in [2.24, 2.45) is 0 Å². The van der Waals surface area contributed by atoms with Gasteiger partial charge in [0.2, 0.25) is 0 Å². The molecule has 120 valence electrons. The second-order valence-electron chi connectivity index (χ2n) is 5.61.